The lowest BCUT2D eigenvalue weighted by atomic mass is 10.2. The molecule has 0 aliphatic rings. The van der Waals surface area contributed by atoms with Crippen LogP contribution in [0.1, 0.15) is 10.4 Å². The molecule has 7 heteroatoms. The number of aryl methyl sites for hydroxylation is 1. The molecule has 0 fully saturated rings. The highest BCUT2D eigenvalue weighted by Crippen LogP contribution is 2.28. The van der Waals surface area contributed by atoms with Gasteiger partial charge in [-0.05, 0) is 42.5 Å². The Labute approximate surface area is 134 Å². The van der Waals surface area contributed by atoms with E-state index in [9.17, 15) is 8.42 Å². The Bertz CT molecular complexity index is 704. The van der Waals surface area contributed by atoms with E-state index in [4.69, 9.17) is 17.3 Å². The minimum absolute atomic E-state index is 0.176. The summed E-state index contributed by atoms with van der Waals surface area (Å²) in [6.07, 6.45) is 0.690. The van der Waals surface area contributed by atoms with Gasteiger partial charge in [-0.2, -0.15) is 0 Å². The van der Waals surface area contributed by atoms with E-state index in [0.29, 0.717) is 23.6 Å². The number of nitrogens with zero attached hydrogens (tertiary/aromatic N) is 1. The second-order valence-electron chi connectivity index (χ2n) is 4.80. The van der Waals surface area contributed by atoms with Crippen molar-refractivity contribution in [2.45, 2.75) is 18.2 Å². The number of likely N-dealkylation sites (N-methyl/N-ethyl adjacent to an activating group) is 1. The van der Waals surface area contributed by atoms with Crippen molar-refractivity contribution < 1.29 is 8.42 Å². The zero-order chi connectivity index (χ0) is 15.6. The van der Waals surface area contributed by atoms with E-state index in [-0.39, 0.29) is 10.6 Å². The van der Waals surface area contributed by atoms with Gasteiger partial charge >= 0.3 is 0 Å². The summed E-state index contributed by atoms with van der Waals surface area (Å²) >= 11 is 7.60. The second-order valence-corrected chi connectivity index (χ2v) is 8.25. The minimum Gasteiger partial charge on any atom is -0.397 e. The average molecular weight is 345 g/mol. The number of benzene rings is 1. The lowest BCUT2D eigenvalue weighted by molar-refractivity contribution is 0.473. The highest BCUT2D eigenvalue weighted by atomic mass is 35.5. The molecule has 0 radical (unpaired) electrons. The minimum atomic E-state index is -3.55. The number of sulfonamides is 1. The average Bonchev–Trinajstić information content (AvgIpc) is 2.94. The summed E-state index contributed by atoms with van der Waals surface area (Å²) in [5, 5.41) is 2.38. The van der Waals surface area contributed by atoms with E-state index in [2.05, 4.69) is 0 Å². The molecular weight excluding hydrogens is 328 g/mol. The molecule has 2 rings (SSSR count). The van der Waals surface area contributed by atoms with E-state index >= 15 is 0 Å². The van der Waals surface area contributed by atoms with Crippen LogP contribution in [0.25, 0.3) is 0 Å². The van der Waals surface area contributed by atoms with Gasteiger partial charge in [0, 0.05) is 18.5 Å². The maximum atomic E-state index is 12.5. The molecule has 0 saturated carbocycles. The summed E-state index contributed by atoms with van der Waals surface area (Å²) in [4.78, 5) is 1.33. The molecular formula is C14H17ClN2O2S2. The van der Waals surface area contributed by atoms with Crippen LogP contribution in [0.2, 0.25) is 5.02 Å². The lowest BCUT2D eigenvalue weighted by Crippen LogP contribution is -2.29. The summed E-state index contributed by atoms with van der Waals surface area (Å²) < 4.78 is 26.4. The van der Waals surface area contributed by atoms with Crippen molar-refractivity contribution in [1.82, 2.24) is 4.31 Å². The molecule has 1 aromatic carbocycles. The maximum absolute atomic E-state index is 12.5. The molecule has 0 bridgehead atoms. The molecule has 114 valence electrons. The number of halogens is 1. The molecule has 2 aromatic rings. The molecule has 0 saturated heterocycles. The predicted octanol–water partition coefficient (Wildman–Crippen LogP) is 3.16. The first kappa shape index (κ1) is 16.3. The number of hydrogen-bond donors (Lipinski definition) is 1. The molecule has 21 heavy (non-hydrogen) atoms. The number of nitrogen functional groups attached to an aromatic ring is 1. The van der Waals surface area contributed by atoms with Crippen molar-refractivity contribution in [2.75, 3.05) is 19.3 Å². The first-order chi connectivity index (χ1) is 9.82. The van der Waals surface area contributed by atoms with Crippen molar-refractivity contribution in [3.8, 4) is 0 Å². The standard InChI is InChI=1S/C14H17ClN2O2S2/c1-10-8-12(9-13(16)14(10)15)21(18,19)17(2)6-5-11-4-3-7-20-11/h3-4,7-9H,5-6,16H2,1-2H3. The van der Waals surface area contributed by atoms with Gasteiger partial charge in [0.25, 0.3) is 0 Å². The van der Waals surface area contributed by atoms with Gasteiger partial charge in [0.05, 0.1) is 15.6 Å². The van der Waals surface area contributed by atoms with E-state index in [1.807, 2.05) is 17.5 Å². The van der Waals surface area contributed by atoms with Crippen LogP contribution in [0.3, 0.4) is 0 Å². The van der Waals surface area contributed by atoms with E-state index in [0.717, 1.165) is 4.88 Å². The normalized spacial score (nSPS) is 12.0. The molecule has 1 aromatic heterocycles. The maximum Gasteiger partial charge on any atom is 0.242 e. The van der Waals surface area contributed by atoms with Crippen LogP contribution in [0.5, 0.6) is 0 Å². The van der Waals surface area contributed by atoms with E-state index < -0.39 is 10.0 Å². The molecule has 2 N–H and O–H groups in total. The molecule has 0 atom stereocenters. The van der Waals surface area contributed by atoms with Crippen molar-refractivity contribution in [1.29, 1.82) is 0 Å². The Kier molecular flexibility index (Phi) is 4.93. The van der Waals surface area contributed by atoms with Crippen LogP contribution < -0.4 is 5.73 Å². The van der Waals surface area contributed by atoms with Crippen LogP contribution in [-0.4, -0.2) is 26.3 Å². The zero-order valence-electron chi connectivity index (χ0n) is 11.8. The Hall–Kier alpha value is -1.08. The van der Waals surface area contributed by atoms with Crippen LogP contribution in [0.15, 0.2) is 34.5 Å². The number of rotatable bonds is 5. The third kappa shape index (κ3) is 3.58. The third-order valence-electron chi connectivity index (χ3n) is 3.22. The lowest BCUT2D eigenvalue weighted by Gasteiger charge is -2.18. The summed E-state index contributed by atoms with van der Waals surface area (Å²) in [6.45, 7) is 2.16. The summed E-state index contributed by atoms with van der Waals surface area (Å²) in [7, 11) is -1.98. The largest absolute Gasteiger partial charge is 0.397 e. The Morgan fingerprint density at radius 3 is 2.67 bits per heavy atom. The molecule has 0 aliphatic heterocycles. The molecule has 0 amide bonds. The highest BCUT2D eigenvalue weighted by Gasteiger charge is 2.22. The SMILES string of the molecule is Cc1cc(S(=O)(=O)N(C)CCc2cccs2)cc(N)c1Cl. The quantitative estimate of drug-likeness (QED) is 0.847. The monoisotopic (exact) mass is 344 g/mol. The molecule has 0 unspecified atom stereocenters. The van der Waals surface area contributed by atoms with Gasteiger partial charge in [-0.15, -0.1) is 11.3 Å². The van der Waals surface area contributed by atoms with Gasteiger partial charge < -0.3 is 5.73 Å². The first-order valence-corrected chi connectivity index (χ1v) is 9.06. The first-order valence-electron chi connectivity index (χ1n) is 6.36. The van der Waals surface area contributed by atoms with E-state index in [1.165, 1.54) is 10.4 Å². The van der Waals surface area contributed by atoms with E-state index in [1.54, 1.807) is 31.4 Å². The summed E-state index contributed by atoms with van der Waals surface area (Å²) in [5.41, 5.74) is 6.69. The van der Waals surface area contributed by atoms with Crippen LogP contribution in [0.4, 0.5) is 5.69 Å². The molecule has 4 nitrogen and oxygen atoms in total. The van der Waals surface area contributed by atoms with Crippen LogP contribution >= 0.6 is 22.9 Å². The number of hydrogen-bond acceptors (Lipinski definition) is 4. The van der Waals surface area contributed by atoms with Crippen LogP contribution in [-0.2, 0) is 16.4 Å². The Morgan fingerprint density at radius 2 is 2.10 bits per heavy atom. The van der Waals surface area contributed by atoms with Crippen molar-refractivity contribution in [3.63, 3.8) is 0 Å². The fourth-order valence-electron chi connectivity index (χ4n) is 1.93. The number of nitrogens with two attached hydrogens (primary N) is 1. The summed E-state index contributed by atoms with van der Waals surface area (Å²) in [5.74, 6) is 0. The zero-order valence-corrected chi connectivity index (χ0v) is 14.2. The van der Waals surface area contributed by atoms with Gasteiger partial charge in [0.2, 0.25) is 10.0 Å². The van der Waals surface area contributed by atoms with Gasteiger partial charge in [-0.1, -0.05) is 17.7 Å². The molecule has 0 aliphatic carbocycles. The topological polar surface area (TPSA) is 63.4 Å². The van der Waals surface area contributed by atoms with Crippen molar-refractivity contribution in [3.05, 3.63) is 45.1 Å². The predicted molar refractivity (Wildman–Crippen MR) is 88.4 cm³/mol. The molecule has 1 heterocycles. The smallest absolute Gasteiger partial charge is 0.242 e. The third-order valence-corrected chi connectivity index (χ3v) is 6.50. The Morgan fingerprint density at radius 1 is 1.38 bits per heavy atom. The second kappa shape index (κ2) is 6.36. The van der Waals surface area contributed by atoms with Gasteiger partial charge in [-0.3, -0.25) is 0 Å². The van der Waals surface area contributed by atoms with Crippen molar-refractivity contribution >= 4 is 38.6 Å². The van der Waals surface area contributed by atoms with Gasteiger partial charge in [0.15, 0.2) is 0 Å². The number of anilines is 1. The highest BCUT2D eigenvalue weighted by molar-refractivity contribution is 7.89. The molecule has 0 spiro atoms. The van der Waals surface area contributed by atoms with Gasteiger partial charge in [0.1, 0.15) is 0 Å². The number of thiophene rings is 1. The van der Waals surface area contributed by atoms with Crippen molar-refractivity contribution in [2.24, 2.45) is 0 Å². The summed E-state index contributed by atoms with van der Waals surface area (Å²) in [6, 6.07) is 6.91. The Balaban J connectivity index is 2.20. The fourth-order valence-corrected chi connectivity index (χ4v) is 4.03. The fraction of sp³-hybridized carbons (Fsp3) is 0.286. The van der Waals surface area contributed by atoms with Gasteiger partial charge in [-0.25, -0.2) is 12.7 Å². The van der Waals surface area contributed by atoms with Crippen LogP contribution in [0, 0.1) is 6.92 Å².